The Morgan fingerprint density at radius 3 is 2.96 bits per heavy atom. The number of fused-ring (bicyclic) bond motifs is 1. The van der Waals surface area contributed by atoms with Crippen LogP contribution in [0.15, 0.2) is 24.3 Å². The SMILES string of the molecule is CCCNC(=O)c1cccc(CNC(=O)c2n[nH]c3c2CNCC3)c1. The van der Waals surface area contributed by atoms with E-state index in [0.717, 1.165) is 36.2 Å². The second kappa shape index (κ2) is 7.94. The molecule has 132 valence electrons. The zero-order valence-corrected chi connectivity index (χ0v) is 14.3. The summed E-state index contributed by atoms with van der Waals surface area (Å²) in [5.41, 5.74) is 3.88. The van der Waals surface area contributed by atoms with Gasteiger partial charge in [0, 0.05) is 49.4 Å². The van der Waals surface area contributed by atoms with Crippen LogP contribution in [0.1, 0.15) is 51.0 Å². The summed E-state index contributed by atoms with van der Waals surface area (Å²) in [5, 5.41) is 16.1. The van der Waals surface area contributed by atoms with E-state index in [1.807, 2.05) is 19.1 Å². The maximum absolute atomic E-state index is 12.4. The van der Waals surface area contributed by atoms with Crippen molar-refractivity contribution in [3.8, 4) is 0 Å². The van der Waals surface area contributed by atoms with E-state index in [4.69, 9.17) is 0 Å². The maximum atomic E-state index is 12.4. The minimum atomic E-state index is -0.206. The third-order valence-corrected chi connectivity index (χ3v) is 4.20. The van der Waals surface area contributed by atoms with Crippen molar-refractivity contribution in [2.24, 2.45) is 0 Å². The average molecular weight is 341 g/mol. The summed E-state index contributed by atoms with van der Waals surface area (Å²) in [7, 11) is 0. The van der Waals surface area contributed by atoms with Gasteiger partial charge in [0.1, 0.15) is 0 Å². The highest BCUT2D eigenvalue weighted by Gasteiger charge is 2.21. The Kier molecular flexibility index (Phi) is 5.45. The van der Waals surface area contributed by atoms with Gasteiger partial charge in [-0.1, -0.05) is 19.1 Å². The zero-order chi connectivity index (χ0) is 17.6. The zero-order valence-electron chi connectivity index (χ0n) is 14.3. The summed E-state index contributed by atoms with van der Waals surface area (Å²) < 4.78 is 0. The minimum Gasteiger partial charge on any atom is -0.352 e. The standard InChI is InChI=1S/C18H23N5O2/c1-2-7-20-17(24)13-5-3-4-12(9-13)10-21-18(25)16-14-11-19-8-6-15(14)22-23-16/h3-5,9,19H,2,6-8,10-11H2,1H3,(H,20,24)(H,21,25)(H,22,23). The predicted molar refractivity (Wildman–Crippen MR) is 94.2 cm³/mol. The van der Waals surface area contributed by atoms with Gasteiger partial charge in [0.15, 0.2) is 5.69 Å². The van der Waals surface area contributed by atoms with E-state index in [1.165, 1.54) is 0 Å². The first-order valence-corrected chi connectivity index (χ1v) is 8.61. The van der Waals surface area contributed by atoms with Gasteiger partial charge in [-0.25, -0.2) is 0 Å². The number of hydrogen-bond acceptors (Lipinski definition) is 4. The molecule has 3 rings (SSSR count). The number of benzene rings is 1. The lowest BCUT2D eigenvalue weighted by atomic mass is 10.1. The van der Waals surface area contributed by atoms with Crippen molar-refractivity contribution in [2.45, 2.75) is 32.9 Å². The van der Waals surface area contributed by atoms with Crippen LogP contribution in [-0.4, -0.2) is 35.1 Å². The third-order valence-electron chi connectivity index (χ3n) is 4.20. The smallest absolute Gasteiger partial charge is 0.272 e. The number of H-pyrrole nitrogens is 1. The van der Waals surface area contributed by atoms with E-state index < -0.39 is 0 Å². The lowest BCUT2D eigenvalue weighted by Crippen LogP contribution is -2.28. The molecule has 0 saturated heterocycles. The highest BCUT2D eigenvalue weighted by atomic mass is 16.2. The van der Waals surface area contributed by atoms with Crippen molar-refractivity contribution < 1.29 is 9.59 Å². The molecule has 4 N–H and O–H groups in total. The van der Waals surface area contributed by atoms with Crippen molar-refractivity contribution in [1.82, 2.24) is 26.1 Å². The second-order valence-corrected chi connectivity index (χ2v) is 6.10. The molecule has 0 saturated carbocycles. The van der Waals surface area contributed by atoms with Gasteiger partial charge in [0.05, 0.1) is 0 Å². The molecule has 7 nitrogen and oxygen atoms in total. The van der Waals surface area contributed by atoms with E-state index in [9.17, 15) is 9.59 Å². The van der Waals surface area contributed by atoms with E-state index in [1.54, 1.807) is 12.1 Å². The molecule has 2 aromatic rings. The molecule has 0 unspecified atom stereocenters. The monoisotopic (exact) mass is 341 g/mol. The van der Waals surface area contributed by atoms with Gasteiger partial charge in [-0.15, -0.1) is 0 Å². The first-order valence-electron chi connectivity index (χ1n) is 8.61. The quantitative estimate of drug-likeness (QED) is 0.633. The molecule has 0 atom stereocenters. The predicted octanol–water partition coefficient (Wildman–Crippen LogP) is 1.13. The molecule has 0 radical (unpaired) electrons. The van der Waals surface area contributed by atoms with Gasteiger partial charge in [-0.3, -0.25) is 14.7 Å². The molecule has 1 aliphatic heterocycles. The highest BCUT2D eigenvalue weighted by Crippen LogP contribution is 2.15. The van der Waals surface area contributed by atoms with Gasteiger partial charge in [0.2, 0.25) is 0 Å². The number of amides is 2. The van der Waals surface area contributed by atoms with Crippen LogP contribution in [0.2, 0.25) is 0 Å². The molecule has 0 spiro atoms. The fourth-order valence-electron chi connectivity index (χ4n) is 2.84. The molecule has 0 fully saturated rings. The summed E-state index contributed by atoms with van der Waals surface area (Å²) in [6, 6.07) is 7.28. The Bertz CT molecular complexity index is 769. The molecule has 1 aromatic heterocycles. The second-order valence-electron chi connectivity index (χ2n) is 6.10. The van der Waals surface area contributed by atoms with Crippen LogP contribution >= 0.6 is 0 Å². The Balaban J connectivity index is 1.62. The number of carbonyl (C=O) groups is 2. The van der Waals surface area contributed by atoms with E-state index in [0.29, 0.717) is 30.9 Å². The van der Waals surface area contributed by atoms with Gasteiger partial charge in [0.25, 0.3) is 11.8 Å². The summed E-state index contributed by atoms with van der Waals surface area (Å²) in [6.45, 7) is 4.56. The fraction of sp³-hybridized carbons (Fsp3) is 0.389. The lowest BCUT2D eigenvalue weighted by molar-refractivity contribution is 0.0942. The van der Waals surface area contributed by atoms with Crippen LogP contribution in [0.5, 0.6) is 0 Å². The van der Waals surface area contributed by atoms with E-state index >= 15 is 0 Å². The summed E-state index contributed by atoms with van der Waals surface area (Å²) in [5.74, 6) is -0.301. The normalized spacial score (nSPS) is 13.2. The number of carbonyl (C=O) groups excluding carboxylic acids is 2. The van der Waals surface area contributed by atoms with Crippen LogP contribution in [0.3, 0.4) is 0 Å². The van der Waals surface area contributed by atoms with Gasteiger partial charge in [-0.2, -0.15) is 5.10 Å². The van der Waals surface area contributed by atoms with Crippen molar-refractivity contribution in [2.75, 3.05) is 13.1 Å². The molecular weight excluding hydrogens is 318 g/mol. The summed E-state index contributed by atoms with van der Waals surface area (Å²) >= 11 is 0. The van der Waals surface area contributed by atoms with Gasteiger partial charge >= 0.3 is 0 Å². The molecule has 25 heavy (non-hydrogen) atoms. The molecular formula is C18H23N5O2. The number of rotatable bonds is 6. The first kappa shape index (κ1) is 17.2. The van der Waals surface area contributed by atoms with Gasteiger partial charge < -0.3 is 16.0 Å². The largest absolute Gasteiger partial charge is 0.352 e. The lowest BCUT2D eigenvalue weighted by Gasteiger charge is -2.13. The first-order chi connectivity index (χ1) is 12.2. The average Bonchev–Trinajstić information content (AvgIpc) is 3.08. The van der Waals surface area contributed by atoms with Crippen molar-refractivity contribution in [1.29, 1.82) is 0 Å². The summed E-state index contributed by atoms with van der Waals surface area (Å²) in [6.07, 6.45) is 1.74. The Morgan fingerprint density at radius 1 is 1.24 bits per heavy atom. The molecule has 0 aliphatic carbocycles. The van der Waals surface area contributed by atoms with Crippen LogP contribution in [-0.2, 0) is 19.5 Å². The topological polar surface area (TPSA) is 98.9 Å². The Hall–Kier alpha value is -2.67. The molecule has 2 heterocycles. The Labute approximate surface area is 146 Å². The molecule has 2 amide bonds. The number of aromatic amines is 1. The molecule has 7 heteroatoms. The van der Waals surface area contributed by atoms with Crippen LogP contribution in [0, 0.1) is 0 Å². The van der Waals surface area contributed by atoms with Crippen LogP contribution < -0.4 is 16.0 Å². The van der Waals surface area contributed by atoms with Gasteiger partial charge in [-0.05, 0) is 24.1 Å². The maximum Gasteiger partial charge on any atom is 0.272 e. The number of hydrogen-bond donors (Lipinski definition) is 4. The van der Waals surface area contributed by atoms with Crippen LogP contribution in [0.25, 0.3) is 0 Å². The van der Waals surface area contributed by atoms with Crippen molar-refractivity contribution in [3.05, 3.63) is 52.3 Å². The fourth-order valence-corrected chi connectivity index (χ4v) is 2.84. The summed E-state index contributed by atoms with van der Waals surface area (Å²) in [4.78, 5) is 24.4. The van der Waals surface area contributed by atoms with E-state index in [2.05, 4.69) is 26.1 Å². The molecule has 1 aliphatic rings. The Morgan fingerprint density at radius 2 is 2.12 bits per heavy atom. The van der Waals surface area contributed by atoms with Crippen molar-refractivity contribution >= 4 is 11.8 Å². The van der Waals surface area contributed by atoms with Crippen LogP contribution in [0.4, 0.5) is 0 Å². The number of aromatic nitrogens is 2. The molecule has 1 aromatic carbocycles. The number of nitrogens with one attached hydrogen (secondary N) is 4. The molecule has 0 bridgehead atoms. The minimum absolute atomic E-state index is 0.0949. The van der Waals surface area contributed by atoms with Crippen molar-refractivity contribution in [3.63, 3.8) is 0 Å². The highest BCUT2D eigenvalue weighted by molar-refractivity contribution is 5.95. The number of nitrogens with zero attached hydrogens (tertiary/aromatic N) is 1. The van der Waals surface area contributed by atoms with E-state index in [-0.39, 0.29) is 11.8 Å². The third kappa shape index (κ3) is 4.06.